The molecule has 1 heterocycles. The highest BCUT2D eigenvalue weighted by Crippen LogP contribution is 2.16. The second-order valence-electron chi connectivity index (χ2n) is 5.02. The van der Waals surface area contributed by atoms with E-state index in [0.29, 0.717) is 0 Å². The maximum atomic E-state index is 12.1. The van der Waals surface area contributed by atoms with Gasteiger partial charge in [-0.2, -0.15) is 0 Å². The summed E-state index contributed by atoms with van der Waals surface area (Å²) in [5.41, 5.74) is -0.105. The van der Waals surface area contributed by atoms with Crippen LogP contribution in [0.4, 0.5) is 0 Å². The Balaban J connectivity index is 2.84. The number of pyridine rings is 1. The highest BCUT2D eigenvalue weighted by Gasteiger charge is 2.26. The van der Waals surface area contributed by atoms with Gasteiger partial charge in [0.25, 0.3) is 0 Å². The van der Waals surface area contributed by atoms with E-state index in [1.54, 1.807) is 26.8 Å². The Bertz CT molecular complexity index is 550. The van der Waals surface area contributed by atoms with Crippen LogP contribution in [0.15, 0.2) is 23.2 Å². The molecule has 0 aliphatic carbocycles. The van der Waals surface area contributed by atoms with Crippen molar-refractivity contribution in [2.24, 2.45) is 0 Å². The summed E-state index contributed by atoms with van der Waals surface area (Å²) in [5, 5.41) is 8.64. The van der Waals surface area contributed by atoms with Crippen LogP contribution in [0.1, 0.15) is 32.4 Å². The molecule has 0 aromatic carbocycles. The van der Waals surface area contributed by atoms with Crippen LogP contribution in [0.3, 0.4) is 0 Å². The number of sulfonamides is 1. The van der Waals surface area contributed by atoms with Gasteiger partial charge in [0, 0.05) is 23.9 Å². The molecule has 0 amide bonds. The van der Waals surface area contributed by atoms with Gasteiger partial charge >= 0.3 is 5.97 Å². The third-order valence-corrected chi connectivity index (χ3v) is 4.25. The molecule has 2 N–H and O–H groups in total. The van der Waals surface area contributed by atoms with Gasteiger partial charge in [0.15, 0.2) is 0 Å². The van der Waals surface area contributed by atoms with Gasteiger partial charge in [0.2, 0.25) is 10.0 Å². The Kier molecular flexibility index (Phi) is 4.65. The number of carboxylic acids is 1. The first-order valence-corrected chi connectivity index (χ1v) is 7.29. The molecule has 0 radical (unpaired) electrons. The molecule has 6 nitrogen and oxygen atoms in total. The van der Waals surface area contributed by atoms with E-state index in [1.807, 2.05) is 0 Å². The predicted octanol–water partition coefficient (Wildman–Crippen LogP) is 1.31. The lowest BCUT2D eigenvalue weighted by Gasteiger charge is -2.25. The number of carboxylic acid groups (broad SMARTS) is 1. The summed E-state index contributed by atoms with van der Waals surface area (Å²) in [6.07, 6.45) is 1.40. The number of hydrogen-bond donors (Lipinski definition) is 2. The topological polar surface area (TPSA) is 96.4 Å². The minimum Gasteiger partial charge on any atom is -0.481 e. The SMILES string of the molecule is Cc1ccc(S(=O)(=O)NC(C)(C)CCC(=O)O)cn1. The monoisotopic (exact) mass is 286 g/mol. The van der Waals surface area contributed by atoms with E-state index in [1.165, 1.54) is 12.3 Å². The fourth-order valence-electron chi connectivity index (χ4n) is 1.51. The molecular weight excluding hydrogens is 268 g/mol. The minimum atomic E-state index is -3.69. The Morgan fingerprint density at radius 3 is 2.53 bits per heavy atom. The molecule has 0 bridgehead atoms. The number of aryl methyl sites for hydroxylation is 1. The van der Waals surface area contributed by atoms with Gasteiger partial charge in [0.05, 0.1) is 0 Å². The average molecular weight is 286 g/mol. The maximum Gasteiger partial charge on any atom is 0.303 e. The second kappa shape index (κ2) is 5.66. The molecule has 0 atom stereocenters. The number of rotatable bonds is 6. The van der Waals surface area contributed by atoms with Crippen molar-refractivity contribution in [3.63, 3.8) is 0 Å². The molecule has 0 aliphatic heterocycles. The second-order valence-corrected chi connectivity index (χ2v) is 6.70. The Morgan fingerprint density at radius 1 is 1.42 bits per heavy atom. The summed E-state index contributed by atoms with van der Waals surface area (Å²) in [7, 11) is -3.69. The molecule has 1 aromatic heterocycles. The van der Waals surface area contributed by atoms with E-state index in [-0.39, 0.29) is 17.7 Å². The highest BCUT2D eigenvalue weighted by atomic mass is 32.2. The molecule has 0 aliphatic rings. The Hall–Kier alpha value is -1.47. The molecule has 106 valence electrons. The van der Waals surface area contributed by atoms with E-state index in [2.05, 4.69) is 9.71 Å². The third-order valence-electron chi connectivity index (χ3n) is 2.57. The molecular formula is C12H18N2O4S. The fourth-order valence-corrected chi connectivity index (χ4v) is 2.89. The normalized spacial score (nSPS) is 12.4. The summed E-state index contributed by atoms with van der Waals surface area (Å²) in [4.78, 5) is 14.5. The molecule has 19 heavy (non-hydrogen) atoms. The number of aliphatic carboxylic acids is 1. The number of aromatic nitrogens is 1. The first-order valence-electron chi connectivity index (χ1n) is 5.81. The van der Waals surface area contributed by atoms with Crippen LogP contribution in [0.2, 0.25) is 0 Å². The molecule has 0 saturated heterocycles. The fraction of sp³-hybridized carbons (Fsp3) is 0.500. The summed E-state index contributed by atoms with van der Waals surface area (Å²) >= 11 is 0. The van der Waals surface area contributed by atoms with E-state index in [9.17, 15) is 13.2 Å². The minimum absolute atomic E-state index is 0.0708. The van der Waals surface area contributed by atoms with Crippen LogP contribution in [0.5, 0.6) is 0 Å². The zero-order chi connectivity index (χ0) is 14.7. The van der Waals surface area contributed by atoms with Gasteiger partial charge in [-0.1, -0.05) is 0 Å². The highest BCUT2D eigenvalue weighted by molar-refractivity contribution is 7.89. The van der Waals surface area contributed by atoms with Crippen LogP contribution in [0.25, 0.3) is 0 Å². The zero-order valence-corrected chi connectivity index (χ0v) is 12.0. The van der Waals surface area contributed by atoms with Gasteiger partial charge < -0.3 is 5.11 Å². The average Bonchev–Trinajstić information content (AvgIpc) is 2.26. The molecule has 0 fully saturated rings. The van der Waals surface area contributed by atoms with Crippen LogP contribution in [0, 0.1) is 6.92 Å². The van der Waals surface area contributed by atoms with Crippen molar-refractivity contribution in [2.45, 2.75) is 44.0 Å². The molecule has 0 unspecified atom stereocenters. The number of nitrogens with one attached hydrogen (secondary N) is 1. The molecule has 7 heteroatoms. The lowest BCUT2D eigenvalue weighted by atomic mass is 10.0. The van der Waals surface area contributed by atoms with Gasteiger partial charge in [0.1, 0.15) is 4.90 Å². The van der Waals surface area contributed by atoms with Crippen molar-refractivity contribution in [3.8, 4) is 0 Å². The van der Waals surface area contributed by atoms with Crippen molar-refractivity contribution in [1.29, 1.82) is 0 Å². The largest absolute Gasteiger partial charge is 0.481 e. The van der Waals surface area contributed by atoms with Crippen LogP contribution >= 0.6 is 0 Å². The zero-order valence-electron chi connectivity index (χ0n) is 11.2. The Labute approximate surface area is 112 Å². The predicted molar refractivity (Wildman–Crippen MR) is 70.2 cm³/mol. The first-order chi connectivity index (χ1) is 8.62. The van der Waals surface area contributed by atoms with E-state index in [0.717, 1.165) is 5.69 Å². The molecule has 1 aromatic rings. The van der Waals surface area contributed by atoms with Crippen molar-refractivity contribution in [1.82, 2.24) is 9.71 Å². The summed E-state index contributed by atoms with van der Waals surface area (Å²) in [6.45, 7) is 5.06. The quantitative estimate of drug-likeness (QED) is 0.822. The van der Waals surface area contributed by atoms with E-state index >= 15 is 0 Å². The maximum absolute atomic E-state index is 12.1. The van der Waals surface area contributed by atoms with Crippen molar-refractivity contribution in [2.75, 3.05) is 0 Å². The smallest absolute Gasteiger partial charge is 0.303 e. The Morgan fingerprint density at radius 2 is 2.05 bits per heavy atom. The lowest BCUT2D eigenvalue weighted by Crippen LogP contribution is -2.43. The summed E-state index contributed by atoms with van der Waals surface area (Å²) < 4.78 is 26.7. The number of carbonyl (C=O) groups is 1. The molecule has 0 spiro atoms. The standard InChI is InChI=1S/C12H18N2O4S/c1-9-4-5-10(8-13-9)19(17,18)14-12(2,3)7-6-11(15)16/h4-5,8,14H,6-7H2,1-3H3,(H,15,16). The van der Waals surface area contributed by atoms with E-state index in [4.69, 9.17) is 5.11 Å². The lowest BCUT2D eigenvalue weighted by molar-refractivity contribution is -0.137. The van der Waals surface area contributed by atoms with Crippen LogP contribution in [-0.2, 0) is 14.8 Å². The van der Waals surface area contributed by atoms with Crippen LogP contribution in [-0.4, -0.2) is 30.0 Å². The van der Waals surface area contributed by atoms with Gasteiger partial charge in [-0.05, 0) is 39.3 Å². The van der Waals surface area contributed by atoms with Crippen LogP contribution < -0.4 is 4.72 Å². The van der Waals surface area contributed by atoms with E-state index < -0.39 is 21.5 Å². The molecule has 1 rings (SSSR count). The van der Waals surface area contributed by atoms with Crippen molar-refractivity contribution < 1.29 is 18.3 Å². The number of hydrogen-bond acceptors (Lipinski definition) is 4. The van der Waals surface area contributed by atoms with Gasteiger partial charge in [-0.3, -0.25) is 9.78 Å². The summed E-state index contributed by atoms with van der Waals surface area (Å²) in [6, 6.07) is 3.08. The van der Waals surface area contributed by atoms with Crippen molar-refractivity contribution >= 4 is 16.0 Å². The molecule has 0 saturated carbocycles. The first kappa shape index (κ1) is 15.6. The van der Waals surface area contributed by atoms with Gasteiger partial charge in [-0.15, -0.1) is 0 Å². The van der Waals surface area contributed by atoms with Crippen molar-refractivity contribution in [3.05, 3.63) is 24.0 Å². The number of nitrogens with zero attached hydrogens (tertiary/aromatic N) is 1. The van der Waals surface area contributed by atoms with Gasteiger partial charge in [-0.25, -0.2) is 13.1 Å². The summed E-state index contributed by atoms with van der Waals surface area (Å²) in [5.74, 6) is -0.954. The third kappa shape index (κ3) is 4.96.